The van der Waals surface area contributed by atoms with Crippen molar-refractivity contribution < 1.29 is 9.21 Å². The van der Waals surface area contributed by atoms with Crippen molar-refractivity contribution in [3.63, 3.8) is 0 Å². The number of amides is 1. The Bertz CT molecular complexity index is 926. The van der Waals surface area contributed by atoms with Gasteiger partial charge in [0.2, 0.25) is 11.8 Å². The summed E-state index contributed by atoms with van der Waals surface area (Å²) in [6, 6.07) is 16.5. The van der Waals surface area contributed by atoms with Crippen LogP contribution >= 0.6 is 0 Å². The van der Waals surface area contributed by atoms with Crippen LogP contribution in [0.5, 0.6) is 0 Å². The maximum absolute atomic E-state index is 13.0. The smallest absolute Gasteiger partial charge is 0.229 e. The van der Waals surface area contributed by atoms with E-state index in [0.717, 1.165) is 24.9 Å². The van der Waals surface area contributed by atoms with Crippen LogP contribution in [0.3, 0.4) is 0 Å². The molecule has 1 saturated heterocycles. The highest BCUT2D eigenvalue weighted by Gasteiger charge is 2.30. The molecule has 1 atom stereocenters. The summed E-state index contributed by atoms with van der Waals surface area (Å²) in [5.41, 5.74) is 5.33. The van der Waals surface area contributed by atoms with Crippen molar-refractivity contribution in [1.29, 1.82) is 0 Å². The van der Waals surface area contributed by atoms with Crippen LogP contribution in [0, 0.1) is 13.8 Å². The van der Waals surface area contributed by atoms with E-state index in [1.165, 1.54) is 16.7 Å². The standard InChI is InChI=1S/C23H24N2O2/c1-16-11-17(2)13-19(12-16)21-9-6-10-25(21)22(26)14-20-15-27-23(24-20)18-7-4-3-5-8-18/h3-5,7-8,11-13,15,21H,6,9-10,14H2,1-2H3. The number of benzene rings is 2. The zero-order chi connectivity index (χ0) is 18.8. The lowest BCUT2D eigenvalue weighted by molar-refractivity contribution is -0.131. The first-order valence-corrected chi connectivity index (χ1v) is 9.47. The molecule has 138 valence electrons. The molecule has 1 unspecified atom stereocenters. The third kappa shape index (κ3) is 3.80. The fraction of sp³-hybridized carbons (Fsp3) is 0.304. The molecular weight excluding hydrogens is 336 g/mol. The van der Waals surface area contributed by atoms with Gasteiger partial charge in [0, 0.05) is 12.1 Å². The van der Waals surface area contributed by atoms with Crippen LogP contribution in [0.4, 0.5) is 0 Å². The van der Waals surface area contributed by atoms with Crippen LogP contribution in [-0.2, 0) is 11.2 Å². The van der Waals surface area contributed by atoms with Crippen LogP contribution in [0.1, 0.15) is 41.3 Å². The Hall–Kier alpha value is -2.88. The summed E-state index contributed by atoms with van der Waals surface area (Å²) in [4.78, 5) is 19.5. The molecule has 1 fully saturated rings. The Labute approximate surface area is 159 Å². The van der Waals surface area contributed by atoms with Gasteiger partial charge in [-0.05, 0) is 44.4 Å². The molecule has 1 amide bonds. The molecule has 0 aliphatic carbocycles. The van der Waals surface area contributed by atoms with Crippen LogP contribution < -0.4 is 0 Å². The quantitative estimate of drug-likeness (QED) is 0.667. The molecule has 27 heavy (non-hydrogen) atoms. The fourth-order valence-corrected chi connectivity index (χ4v) is 3.97. The number of aryl methyl sites for hydroxylation is 2. The zero-order valence-electron chi connectivity index (χ0n) is 15.8. The number of hydrogen-bond acceptors (Lipinski definition) is 3. The number of carbonyl (C=O) groups excluding carboxylic acids is 1. The normalized spacial score (nSPS) is 16.7. The van der Waals surface area contributed by atoms with Crippen molar-refractivity contribution in [3.8, 4) is 11.5 Å². The maximum atomic E-state index is 13.0. The topological polar surface area (TPSA) is 46.3 Å². The minimum absolute atomic E-state index is 0.115. The molecule has 2 aromatic carbocycles. The number of likely N-dealkylation sites (tertiary alicyclic amines) is 1. The second-order valence-corrected chi connectivity index (χ2v) is 7.35. The molecule has 0 N–H and O–H groups in total. The first-order valence-electron chi connectivity index (χ1n) is 9.47. The van der Waals surface area contributed by atoms with E-state index in [2.05, 4.69) is 37.0 Å². The molecule has 1 aliphatic rings. The molecule has 0 saturated carbocycles. The number of oxazole rings is 1. The van der Waals surface area contributed by atoms with Gasteiger partial charge in [-0.25, -0.2) is 4.98 Å². The van der Waals surface area contributed by atoms with Crippen molar-refractivity contribution in [2.24, 2.45) is 0 Å². The molecular formula is C23H24N2O2. The van der Waals surface area contributed by atoms with Crippen LogP contribution in [0.15, 0.2) is 59.2 Å². The number of rotatable bonds is 4. The lowest BCUT2D eigenvalue weighted by Crippen LogP contribution is -2.32. The summed E-state index contributed by atoms with van der Waals surface area (Å²) in [5.74, 6) is 0.676. The highest BCUT2D eigenvalue weighted by atomic mass is 16.3. The van der Waals surface area contributed by atoms with Crippen molar-refractivity contribution in [2.45, 2.75) is 39.2 Å². The van der Waals surface area contributed by atoms with E-state index in [9.17, 15) is 4.79 Å². The van der Waals surface area contributed by atoms with Crippen molar-refractivity contribution in [3.05, 3.63) is 77.2 Å². The molecule has 2 heterocycles. The van der Waals surface area contributed by atoms with Gasteiger partial charge in [-0.15, -0.1) is 0 Å². The second kappa shape index (κ2) is 7.39. The van der Waals surface area contributed by atoms with E-state index in [1.54, 1.807) is 6.26 Å². The number of hydrogen-bond donors (Lipinski definition) is 0. The number of nitrogens with zero attached hydrogens (tertiary/aromatic N) is 2. The van der Waals surface area contributed by atoms with E-state index >= 15 is 0 Å². The summed E-state index contributed by atoms with van der Waals surface area (Å²) in [5, 5.41) is 0. The van der Waals surface area contributed by atoms with E-state index in [1.807, 2.05) is 35.2 Å². The van der Waals surface area contributed by atoms with Crippen LogP contribution in [0.2, 0.25) is 0 Å². The molecule has 3 aromatic rings. The predicted octanol–water partition coefficient (Wildman–Crippen LogP) is 4.86. The van der Waals surface area contributed by atoms with Gasteiger partial charge in [-0.2, -0.15) is 0 Å². The van der Waals surface area contributed by atoms with E-state index in [0.29, 0.717) is 11.6 Å². The molecule has 0 radical (unpaired) electrons. The highest BCUT2D eigenvalue weighted by molar-refractivity contribution is 5.79. The molecule has 4 rings (SSSR count). The minimum atomic E-state index is 0.115. The van der Waals surface area contributed by atoms with Crippen LogP contribution in [0.25, 0.3) is 11.5 Å². The van der Waals surface area contributed by atoms with Crippen LogP contribution in [-0.4, -0.2) is 22.3 Å². The second-order valence-electron chi connectivity index (χ2n) is 7.35. The number of aromatic nitrogens is 1. The molecule has 4 heteroatoms. The first-order chi connectivity index (χ1) is 13.1. The van der Waals surface area contributed by atoms with Crippen molar-refractivity contribution in [1.82, 2.24) is 9.88 Å². The molecule has 0 spiro atoms. The molecule has 1 aromatic heterocycles. The summed E-state index contributed by atoms with van der Waals surface area (Å²) in [6.45, 7) is 5.02. The van der Waals surface area contributed by atoms with E-state index in [4.69, 9.17) is 4.42 Å². The van der Waals surface area contributed by atoms with Gasteiger partial charge in [0.25, 0.3) is 0 Å². The summed E-state index contributed by atoms with van der Waals surface area (Å²) in [7, 11) is 0. The van der Waals surface area contributed by atoms with Gasteiger partial charge in [-0.1, -0.05) is 47.5 Å². The van der Waals surface area contributed by atoms with Gasteiger partial charge < -0.3 is 9.32 Å². The summed E-state index contributed by atoms with van der Waals surface area (Å²) < 4.78 is 5.58. The Morgan fingerprint density at radius 3 is 2.63 bits per heavy atom. The van der Waals surface area contributed by atoms with Crippen molar-refractivity contribution >= 4 is 5.91 Å². The Balaban J connectivity index is 1.50. The maximum Gasteiger partial charge on any atom is 0.229 e. The largest absolute Gasteiger partial charge is 0.444 e. The Kier molecular flexibility index (Phi) is 4.80. The monoisotopic (exact) mass is 360 g/mol. The predicted molar refractivity (Wildman–Crippen MR) is 105 cm³/mol. The Morgan fingerprint density at radius 1 is 1.15 bits per heavy atom. The third-order valence-electron chi connectivity index (χ3n) is 5.11. The van der Waals surface area contributed by atoms with Gasteiger partial charge in [0.05, 0.1) is 18.2 Å². The van der Waals surface area contributed by atoms with Gasteiger partial charge >= 0.3 is 0 Å². The third-order valence-corrected chi connectivity index (χ3v) is 5.11. The van der Waals surface area contributed by atoms with Gasteiger partial charge in [-0.3, -0.25) is 4.79 Å². The first kappa shape index (κ1) is 17.5. The van der Waals surface area contributed by atoms with Gasteiger partial charge in [0.1, 0.15) is 6.26 Å². The average Bonchev–Trinajstić information content (AvgIpc) is 3.31. The molecule has 0 bridgehead atoms. The summed E-state index contributed by atoms with van der Waals surface area (Å²) >= 11 is 0. The summed E-state index contributed by atoms with van der Waals surface area (Å²) in [6.07, 6.45) is 3.93. The minimum Gasteiger partial charge on any atom is -0.444 e. The highest BCUT2D eigenvalue weighted by Crippen LogP contribution is 2.33. The zero-order valence-corrected chi connectivity index (χ0v) is 15.8. The molecule has 1 aliphatic heterocycles. The van der Waals surface area contributed by atoms with Gasteiger partial charge in [0.15, 0.2) is 0 Å². The Morgan fingerprint density at radius 2 is 1.89 bits per heavy atom. The fourth-order valence-electron chi connectivity index (χ4n) is 3.97. The SMILES string of the molecule is Cc1cc(C)cc(C2CCCN2C(=O)Cc2coc(-c3ccccc3)n2)c1. The average molecular weight is 360 g/mol. The molecule has 4 nitrogen and oxygen atoms in total. The van der Waals surface area contributed by atoms with Crippen molar-refractivity contribution in [2.75, 3.05) is 6.54 Å². The lowest BCUT2D eigenvalue weighted by Gasteiger charge is -2.25. The lowest BCUT2D eigenvalue weighted by atomic mass is 9.99. The van der Waals surface area contributed by atoms with E-state index in [-0.39, 0.29) is 18.4 Å². The number of carbonyl (C=O) groups is 1. The van der Waals surface area contributed by atoms with E-state index < -0.39 is 0 Å².